The third-order valence-electron chi connectivity index (χ3n) is 5.20. The van der Waals surface area contributed by atoms with E-state index in [2.05, 4.69) is 10.5 Å². The first kappa shape index (κ1) is 32.9. The summed E-state index contributed by atoms with van der Waals surface area (Å²) in [5, 5.41) is 6.38. The summed E-state index contributed by atoms with van der Waals surface area (Å²) in [7, 11) is 1.77. The SMILES string of the molecule is CC(C)(COC1CCCCO1)c1cc(NC=O)on1.CCCCC(F)(F)F.CN(C=O)C(C)(C)C. The van der Waals surface area contributed by atoms with Gasteiger partial charge in [0.05, 0.1) is 12.3 Å². The number of alkyl halides is 3. The maximum Gasteiger partial charge on any atom is 0.389 e. The normalized spacial score (nSPS) is 16.2. The Balaban J connectivity index is 0.000000601. The van der Waals surface area contributed by atoms with Crippen LogP contribution >= 0.6 is 0 Å². The van der Waals surface area contributed by atoms with Crippen molar-refractivity contribution >= 4 is 18.7 Å². The van der Waals surface area contributed by atoms with Crippen molar-refractivity contribution in [2.45, 2.75) is 103 Å². The number of hydrogen-bond donors (Lipinski definition) is 1. The van der Waals surface area contributed by atoms with Crippen LogP contribution in [0.4, 0.5) is 19.1 Å². The molecule has 1 saturated heterocycles. The van der Waals surface area contributed by atoms with Crippen molar-refractivity contribution in [3.63, 3.8) is 0 Å². The van der Waals surface area contributed by atoms with E-state index in [-0.39, 0.29) is 23.7 Å². The third-order valence-corrected chi connectivity index (χ3v) is 5.20. The number of carbonyl (C=O) groups excluding carboxylic acids is 2. The fourth-order valence-electron chi connectivity index (χ4n) is 2.47. The minimum atomic E-state index is -3.95. The lowest BCUT2D eigenvalue weighted by atomic mass is 9.90. The molecule has 1 N–H and O–H groups in total. The fraction of sp³-hybridized carbons (Fsp3) is 0.792. The van der Waals surface area contributed by atoms with Crippen LogP contribution in [-0.4, -0.2) is 61.1 Å². The summed E-state index contributed by atoms with van der Waals surface area (Å²) in [5.74, 6) is 0.340. The molecule has 1 atom stereocenters. The Kier molecular flexibility index (Phi) is 14.8. The molecule has 204 valence electrons. The molecule has 2 rings (SSSR count). The molecule has 1 aliphatic rings. The Morgan fingerprint density at radius 1 is 1.20 bits per heavy atom. The standard InChI is InChI=1S/C13H20N2O4.C6H13NO.C5H9F3/c1-13(2,8-18-12-5-3-4-6-17-12)10-7-11(14-9-16)19-15-10;1-6(2,3)7(4)5-8;1-2-3-4-5(6,7)8/h7,9,12H,3-6,8H2,1-2H3,(H,14,16);5H,1-4H3;2-4H2,1H3. The first-order valence-corrected chi connectivity index (χ1v) is 11.8. The molecule has 2 amide bonds. The van der Waals surface area contributed by atoms with Gasteiger partial charge >= 0.3 is 6.18 Å². The van der Waals surface area contributed by atoms with E-state index < -0.39 is 12.6 Å². The lowest BCUT2D eigenvalue weighted by Gasteiger charge is -2.28. The van der Waals surface area contributed by atoms with E-state index in [1.165, 1.54) is 0 Å². The van der Waals surface area contributed by atoms with Crippen LogP contribution in [0.15, 0.2) is 10.6 Å². The number of anilines is 1. The first-order chi connectivity index (χ1) is 16.2. The molecule has 1 aromatic heterocycles. The average molecular weight is 510 g/mol. The van der Waals surface area contributed by atoms with E-state index in [0.29, 0.717) is 25.3 Å². The van der Waals surface area contributed by atoms with Gasteiger partial charge in [0.25, 0.3) is 0 Å². The summed E-state index contributed by atoms with van der Waals surface area (Å²) >= 11 is 0. The first-order valence-electron chi connectivity index (χ1n) is 11.8. The van der Waals surface area contributed by atoms with Gasteiger partial charge in [-0.05, 0) is 46.5 Å². The lowest BCUT2D eigenvalue weighted by Crippen LogP contribution is -2.36. The number of rotatable bonds is 9. The highest BCUT2D eigenvalue weighted by Gasteiger charge is 2.28. The second kappa shape index (κ2) is 15.8. The van der Waals surface area contributed by atoms with Gasteiger partial charge in [-0.25, -0.2) is 0 Å². The number of carbonyl (C=O) groups is 2. The summed E-state index contributed by atoms with van der Waals surface area (Å²) < 4.78 is 50.0. The Morgan fingerprint density at radius 2 is 1.86 bits per heavy atom. The predicted molar refractivity (Wildman–Crippen MR) is 128 cm³/mol. The topological polar surface area (TPSA) is 93.9 Å². The van der Waals surface area contributed by atoms with Gasteiger partial charge < -0.3 is 18.9 Å². The van der Waals surface area contributed by atoms with E-state index in [1.807, 2.05) is 34.6 Å². The molecule has 1 unspecified atom stereocenters. The van der Waals surface area contributed by atoms with Gasteiger partial charge in [0.1, 0.15) is 0 Å². The quantitative estimate of drug-likeness (QED) is 0.431. The molecule has 0 aliphatic carbocycles. The zero-order chi connectivity index (χ0) is 27.1. The largest absolute Gasteiger partial charge is 0.389 e. The van der Waals surface area contributed by atoms with Gasteiger partial charge in [-0.3, -0.25) is 14.9 Å². The van der Waals surface area contributed by atoms with Gasteiger partial charge in [-0.15, -0.1) is 0 Å². The van der Waals surface area contributed by atoms with Crippen molar-refractivity contribution in [1.29, 1.82) is 0 Å². The Hall–Kier alpha value is -2.14. The molecule has 35 heavy (non-hydrogen) atoms. The summed E-state index contributed by atoms with van der Waals surface area (Å²) in [6, 6.07) is 1.71. The van der Waals surface area contributed by atoms with Gasteiger partial charge in [-0.1, -0.05) is 32.3 Å². The molecule has 1 fully saturated rings. The van der Waals surface area contributed by atoms with Gasteiger partial charge in [0.2, 0.25) is 18.7 Å². The molecule has 0 saturated carbocycles. The molecule has 8 nitrogen and oxygen atoms in total. The van der Waals surface area contributed by atoms with Crippen LogP contribution in [0.5, 0.6) is 0 Å². The zero-order valence-corrected chi connectivity index (χ0v) is 22.0. The van der Waals surface area contributed by atoms with Crippen LogP contribution in [0.25, 0.3) is 0 Å². The lowest BCUT2D eigenvalue weighted by molar-refractivity contribution is -0.170. The van der Waals surface area contributed by atoms with Crippen molar-refractivity contribution in [1.82, 2.24) is 10.1 Å². The number of aromatic nitrogens is 1. The van der Waals surface area contributed by atoms with Crippen LogP contribution in [0.1, 0.15) is 85.8 Å². The van der Waals surface area contributed by atoms with Crippen LogP contribution in [-0.2, 0) is 24.5 Å². The molecular weight excluding hydrogens is 467 g/mol. The zero-order valence-electron chi connectivity index (χ0n) is 22.0. The Labute approximate surface area is 206 Å². The highest BCUT2D eigenvalue weighted by molar-refractivity contribution is 5.67. The number of ether oxygens (including phenoxy) is 2. The molecule has 0 bridgehead atoms. The Bertz CT molecular complexity index is 712. The average Bonchev–Trinajstić information content (AvgIpc) is 3.26. The highest BCUT2D eigenvalue weighted by Crippen LogP contribution is 2.26. The minimum Gasteiger partial charge on any atom is -0.353 e. The number of halogens is 3. The molecule has 0 spiro atoms. The van der Waals surface area contributed by atoms with Crippen LogP contribution < -0.4 is 5.32 Å². The number of unbranched alkanes of at least 4 members (excludes halogenated alkanes) is 1. The van der Waals surface area contributed by atoms with Crippen molar-refractivity contribution in [3.8, 4) is 0 Å². The summed E-state index contributed by atoms with van der Waals surface area (Å²) in [5.41, 5.74) is 0.419. The summed E-state index contributed by atoms with van der Waals surface area (Å²) in [4.78, 5) is 22.0. The molecule has 11 heteroatoms. The molecule has 2 heterocycles. The van der Waals surface area contributed by atoms with Crippen LogP contribution in [0.2, 0.25) is 0 Å². The Morgan fingerprint density at radius 3 is 2.26 bits per heavy atom. The highest BCUT2D eigenvalue weighted by atomic mass is 19.4. The van der Waals surface area contributed by atoms with E-state index in [0.717, 1.165) is 38.0 Å². The van der Waals surface area contributed by atoms with Crippen molar-refractivity contribution in [2.24, 2.45) is 0 Å². The monoisotopic (exact) mass is 509 g/mol. The summed E-state index contributed by atoms with van der Waals surface area (Å²) in [6.07, 6.45) is 0.738. The molecule has 1 aliphatic heterocycles. The van der Waals surface area contributed by atoms with Crippen molar-refractivity contribution in [3.05, 3.63) is 11.8 Å². The van der Waals surface area contributed by atoms with E-state index >= 15 is 0 Å². The van der Waals surface area contributed by atoms with Crippen LogP contribution in [0.3, 0.4) is 0 Å². The van der Waals surface area contributed by atoms with E-state index in [9.17, 15) is 22.8 Å². The number of hydrogen-bond acceptors (Lipinski definition) is 6. The second-order valence-corrected chi connectivity index (χ2v) is 9.94. The maximum absolute atomic E-state index is 11.2. The smallest absolute Gasteiger partial charge is 0.353 e. The third kappa shape index (κ3) is 15.5. The van der Waals surface area contributed by atoms with Gasteiger partial charge in [0.15, 0.2) is 6.29 Å². The van der Waals surface area contributed by atoms with E-state index in [1.54, 1.807) is 24.9 Å². The van der Waals surface area contributed by atoms with Crippen molar-refractivity contribution in [2.75, 3.05) is 25.6 Å². The molecule has 0 aromatic carbocycles. The molecule has 1 aromatic rings. The van der Waals surface area contributed by atoms with Crippen LogP contribution in [0, 0.1) is 0 Å². The minimum absolute atomic E-state index is 0.0260. The van der Waals surface area contributed by atoms with Crippen molar-refractivity contribution < 1.29 is 36.8 Å². The number of amides is 2. The second-order valence-electron chi connectivity index (χ2n) is 9.94. The molecule has 0 radical (unpaired) electrons. The molecular formula is C24H42F3N3O5. The predicted octanol–water partition coefficient (Wildman–Crippen LogP) is 5.68. The van der Waals surface area contributed by atoms with E-state index in [4.69, 9.17) is 14.0 Å². The fourth-order valence-corrected chi connectivity index (χ4v) is 2.47. The number of nitrogens with one attached hydrogen (secondary N) is 1. The maximum atomic E-state index is 11.2. The van der Waals surface area contributed by atoms with Gasteiger partial charge in [0, 0.05) is 37.1 Å². The number of nitrogens with zero attached hydrogens (tertiary/aromatic N) is 2. The summed E-state index contributed by atoms with van der Waals surface area (Å²) in [6.45, 7) is 13.0. The van der Waals surface area contributed by atoms with Gasteiger partial charge in [-0.2, -0.15) is 13.2 Å².